The standard InChI is InChI=1S/C17H30N4OS2/c1-5-18-16(19-11-15-13(3)21-14(4)24-15)20-12-17(23-6-2)7-9-22-10-8-17/h5-12H2,1-4H3,(H2,18,19,20). The van der Waals surface area contributed by atoms with E-state index >= 15 is 0 Å². The van der Waals surface area contributed by atoms with E-state index in [1.54, 1.807) is 11.3 Å². The number of hydrogen-bond donors (Lipinski definition) is 2. The summed E-state index contributed by atoms with van der Waals surface area (Å²) in [5, 5.41) is 8.03. The lowest BCUT2D eigenvalue weighted by Gasteiger charge is -2.37. The summed E-state index contributed by atoms with van der Waals surface area (Å²) >= 11 is 3.78. The minimum Gasteiger partial charge on any atom is -0.381 e. The average Bonchev–Trinajstić information content (AvgIpc) is 2.89. The minimum atomic E-state index is 0.264. The van der Waals surface area contributed by atoms with Crippen molar-refractivity contribution in [3.05, 3.63) is 15.6 Å². The summed E-state index contributed by atoms with van der Waals surface area (Å²) in [6.07, 6.45) is 2.20. The molecule has 1 aromatic rings. The first-order valence-electron chi connectivity index (χ1n) is 8.75. The van der Waals surface area contributed by atoms with Crippen LogP contribution in [-0.2, 0) is 11.3 Å². The summed E-state index contributed by atoms with van der Waals surface area (Å²) < 4.78 is 5.82. The first kappa shape index (κ1) is 19.5. The molecule has 0 unspecified atom stereocenters. The van der Waals surface area contributed by atoms with E-state index in [1.165, 1.54) is 4.88 Å². The zero-order valence-corrected chi connectivity index (χ0v) is 16.9. The molecule has 136 valence electrons. The molecule has 2 rings (SSSR count). The molecule has 0 saturated carbocycles. The van der Waals surface area contributed by atoms with Gasteiger partial charge in [0.15, 0.2) is 5.96 Å². The van der Waals surface area contributed by atoms with Gasteiger partial charge in [-0.2, -0.15) is 11.8 Å². The maximum atomic E-state index is 5.55. The Balaban J connectivity index is 1.98. The van der Waals surface area contributed by atoms with Crippen LogP contribution in [0.25, 0.3) is 0 Å². The molecule has 0 atom stereocenters. The van der Waals surface area contributed by atoms with Crippen LogP contribution < -0.4 is 10.6 Å². The van der Waals surface area contributed by atoms with Gasteiger partial charge in [0.1, 0.15) is 0 Å². The van der Waals surface area contributed by atoms with E-state index in [1.807, 2.05) is 18.7 Å². The molecule has 1 aliphatic heterocycles. The van der Waals surface area contributed by atoms with Gasteiger partial charge in [0.25, 0.3) is 0 Å². The molecule has 0 aliphatic carbocycles. The largest absolute Gasteiger partial charge is 0.381 e. The lowest BCUT2D eigenvalue weighted by atomic mass is 9.99. The lowest BCUT2D eigenvalue weighted by Crippen LogP contribution is -2.48. The van der Waals surface area contributed by atoms with Crippen LogP contribution in [0.3, 0.4) is 0 Å². The van der Waals surface area contributed by atoms with Crippen molar-refractivity contribution in [1.82, 2.24) is 15.6 Å². The van der Waals surface area contributed by atoms with Crippen molar-refractivity contribution in [3.8, 4) is 0 Å². The number of thiazole rings is 1. The van der Waals surface area contributed by atoms with Gasteiger partial charge < -0.3 is 15.4 Å². The van der Waals surface area contributed by atoms with Crippen molar-refractivity contribution in [3.63, 3.8) is 0 Å². The van der Waals surface area contributed by atoms with E-state index in [0.29, 0.717) is 6.54 Å². The summed E-state index contributed by atoms with van der Waals surface area (Å²) in [4.78, 5) is 10.5. The zero-order chi connectivity index (χ0) is 17.4. The van der Waals surface area contributed by atoms with Crippen molar-refractivity contribution >= 4 is 29.1 Å². The number of aliphatic imine (C=N–C) groups is 1. The first-order chi connectivity index (χ1) is 11.6. The highest BCUT2D eigenvalue weighted by Gasteiger charge is 2.32. The smallest absolute Gasteiger partial charge is 0.191 e. The van der Waals surface area contributed by atoms with Gasteiger partial charge in [0.05, 0.1) is 17.2 Å². The number of rotatable bonds is 7. The maximum absolute atomic E-state index is 5.55. The molecule has 1 aliphatic rings. The molecule has 24 heavy (non-hydrogen) atoms. The van der Waals surface area contributed by atoms with E-state index in [4.69, 9.17) is 9.73 Å². The van der Waals surface area contributed by atoms with Crippen LogP contribution >= 0.6 is 23.1 Å². The van der Waals surface area contributed by atoms with Gasteiger partial charge in [-0.05, 0) is 39.4 Å². The Bertz CT molecular complexity index is 533. The average molecular weight is 371 g/mol. The highest BCUT2D eigenvalue weighted by Crippen LogP contribution is 2.34. The maximum Gasteiger partial charge on any atom is 0.191 e. The van der Waals surface area contributed by atoms with Crippen LogP contribution in [0.15, 0.2) is 4.99 Å². The van der Waals surface area contributed by atoms with Crippen molar-refractivity contribution in [2.24, 2.45) is 4.99 Å². The number of nitrogens with zero attached hydrogens (tertiary/aromatic N) is 2. The summed E-state index contributed by atoms with van der Waals surface area (Å²) in [6.45, 7) is 12.6. The lowest BCUT2D eigenvalue weighted by molar-refractivity contribution is 0.0782. The van der Waals surface area contributed by atoms with Crippen LogP contribution in [0, 0.1) is 13.8 Å². The quantitative estimate of drug-likeness (QED) is 0.570. The number of hydrogen-bond acceptors (Lipinski definition) is 5. The second-order valence-corrected chi connectivity index (χ2v) is 9.04. The fraction of sp³-hybridized carbons (Fsp3) is 0.765. The fourth-order valence-corrected chi connectivity index (χ4v) is 4.98. The molecule has 1 saturated heterocycles. The molecule has 1 fully saturated rings. The van der Waals surface area contributed by atoms with Crippen molar-refractivity contribution in [2.45, 2.75) is 51.8 Å². The SMILES string of the molecule is CCNC(=NCc1sc(C)nc1C)NCC1(SCC)CCOCC1. The number of nitrogens with one attached hydrogen (secondary N) is 2. The third kappa shape index (κ3) is 5.63. The molecular formula is C17H30N4OS2. The van der Waals surface area contributed by atoms with E-state index in [9.17, 15) is 0 Å². The molecule has 0 amide bonds. The molecule has 0 aromatic carbocycles. The number of thioether (sulfide) groups is 1. The molecule has 5 nitrogen and oxygen atoms in total. The molecule has 0 spiro atoms. The third-order valence-corrected chi connectivity index (χ3v) is 6.67. The highest BCUT2D eigenvalue weighted by molar-refractivity contribution is 8.00. The van der Waals surface area contributed by atoms with Crippen LogP contribution in [0.1, 0.15) is 42.3 Å². The number of ether oxygens (including phenoxy) is 1. The summed E-state index contributed by atoms with van der Waals surface area (Å²) in [6, 6.07) is 0. The van der Waals surface area contributed by atoms with E-state index in [0.717, 1.165) is 61.6 Å². The van der Waals surface area contributed by atoms with E-state index in [-0.39, 0.29) is 4.75 Å². The molecule has 0 bridgehead atoms. The summed E-state index contributed by atoms with van der Waals surface area (Å²) in [5.41, 5.74) is 1.10. The highest BCUT2D eigenvalue weighted by atomic mass is 32.2. The van der Waals surface area contributed by atoms with Gasteiger partial charge in [-0.15, -0.1) is 11.3 Å². The van der Waals surface area contributed by atoms with Gasteiger partial charge >= 0.3 is 0 Å². The molecular weight excluding hydrogens is 340 g/mol. The van der Waals surface area contributed by atoms with Crippen molar-refractivity contribution < 1.29 is 4.74 Å². The van der Waals surface area contributed by atoms with Gasteiger partial charge in [0, 0.05) is 35.9 Å². The normalized spacial score (nSPS) is 17.8. The zero-order valence-electron chi connectivity index (χ0n) is 15.3. The predicted molar refractivity (Wildman–Crippen MR) is 105 cm³/mol. The third-order valence-electron chi connectivity index (χ3n) is 4.16. The predicted octanol–water partition coefficient (Wildman–Crippen LogP) is 3.12. The summed E-state index contributed by atoms with van der Waals surface area (Å²) in [7, 11) is 0. The summed E-state index contributed by atoms with van der Waals surface area (Å²) in [5.74, 6) is 2.03. The Labute approximate surface area is 154 Å². The Morgan fingerprint density at radius 2 is 2.04 bits per heavy atom. The molecule has 1 aromatic heterocycles. The van der Waals surface area contributed by atoms with E-state index < -0.39 is 0 Å². The van der Waals surface area contributed by atoms with Gasteiger partial charge in [-0.25, -0.2) is 9.98 Å². The van der Waals surface area contributed by atoms with Gasteiger partial charge in [0.2, 0.25) is 0 Å². The fourth-order valence-electron chi connectivity index (χ4n) is 2.88. The van der Waals surface area contributed by atoms with Crippen LogP contribution in [-0.4, -0.2) is 47.7 Å². The van der Waals surface area contributed by atoms with E-state index in [2.05, 4.69) is 36.4 Å². The van der Waals surface area contributed by atoms with Gasteiger partial charge in [-0.3, -0.25) is 0 Å². The Kier molecular flexibility index (Phi) is 7.84. The Morgan fingerprint density at radius 1 is 1.29 bits per heavy atom. The second kappa shape index (κ2) is 9.63. The molecule has 2 N–H and O–H groups in total. The molecule has 2 heterocycles. The van der Waals surface area contributed by atoms with Crippen molar-refractivity contribution in [1.29, 1.82) is 0 Å². The number of aromatic nitrogens is 1. The topological polar surface area (TPSA) is 58.5 Å². The molecule has 0 radical (unpaired) electrons. The van der Waals surface area contributed by atoms with Crippen LogP contribution in [0.5, 0.6) is 0 Å². The first-order valence-corrected chi connectivity index (χ1v) is 10.6. The Morgan fingerprint density at radius 3 is 2.62 bits per heavy atom. The van der Waals surface area contributed by atoms with Crippen LogP contribution in [0.2, 0.25) is 0 Å². The molecule has 7 heteroatoms. The van der Waals surface area contributed by atoms with Crippen molar-refractivity contribution in [2.75, 3.05) is 32.1 Å². The monoisotopic (exact) mass is 370 g/mol. The number of aryl methyl sites for hydroxylation is 2. The Hall–Kier alpha value is -0.790. The minimum absolute atomic E-state index is 0.264. The second-order valence-electron chi connectivity index (χ2n) is 6.02. The number of guanidine groups is 1. The van der Waals surface area contributed by atoms with Gasteiger partial charge in [-0.1, -0.05) is 6.92 Å². The van der Waals surface area contributed by atoms with Crippen LogP contribution in [0.4, 0.5) is 0 Å².